The lowest BCUT2D eigenvalue weighted by Gasteiger charge is -2.17. The van der Waals surface area contributed by atoms with Crippen molar-refractivity contribution in [2.24, 2.45) is 11.7 Å². The van der Waals surface area contributed by atoms with E-state index in [9.17, 15) is 18.0 Å². The summed E-state index contributed by atoms with van der Waals surface area (Å²) in [5, 5.41) is 2.39. The summed E-state index contributed by atoms with van der Waals surface area (Å²) in [6.07, 6.45) is 0.361. The second kappa shape index (κ2) is 8.29. The molecule has 0 aromatic carbocycles. The molecule has 0 spiro atoms. The molecule has 1 rings (SSSR count). The molecule has 0 unspecified atom stereocenters. The van der Waals surface area contributed by atoms with Crippen LogP contribution in [0.3, 0.4) is 0 Å². The maximum Gasteiger partial charge on any atom is 0.243 e. The van der Waals surface area contributed by atoms with Crippen LogP contribution >= 0.6 is 34.5 Å². The normalized spacial score (nSPS) is 13.1. The fourth-order valence-corrected chi connectivity index (χ4v) is 4.84. The Morgan fingerprint density at radius 3 is 2.39 bits per heavy atom. The first kappa shape index (κ1) is 20.2. The number of primary amides is 1. The van der Waals surface area contributed by atoms with Gasteiger partial charge < -0.3 is 11.1 Å². The first-order valence-corrected chi connectivity index (χ1v) is 9.61. The number of halogens is 2. The highest BCUT2D eigenvalue weighted by molar-refractivity contribution is 7.89. The summed E-state index contributed by atoms with van der Waals surface area (Å²) in [6.45, 7) is 3.19. The molecule has 0 radical (unpaired) electrons. The van der Waals surface area contributed by atoms with Crippen LogP contribution in [0.1, 0.15) is 20.3 Å². The number of hydrogen-bond donors (Lipinski definition) is 3. The minimum absolute atomic E-state index is 0.00210. The van der Waals surface area contributed by atoms with Gasteiger partial charge >= 0.3 is 0 Å². The molecule has 7 nitrogen and oxygen atoms in total. The van der Waals surface area contributed by atoms with Crippen molar-refractivity contribution in [1.29, 1.82) is 0 Å². The van der Waals surface area contributed by atoms with E-state index in [-0.39, 0.29) is 19.5 Å². The Hall–Kier alpha value is -0.870. The molecule has 1 aromatic rings. The fraction of sp³-hybridized carbons (Fsp3) is 0.500. The summed E-state index contributed by atoms with van der Waals surface area (Å²) in [4.78, 5) is 22.9. The molecule has 4 N–H and O–H groups in total. The van der Waals surface area contributed by atoms with Gasteiger partial charge in [0.1, 0.15) is 15.3 Å². The van der Waals surface area contributed by atoms with Crippen molar-refractivity contribution in [2.45, 2.75) is 31.2 Å². The van der Waals surface area contributed by atoms with Gasteiger partial charge in [0, 0.05) is 0 Å². The molecule has 0 aliphatic carbocycles. The minimum Gasteiger partial charge on any atom is -0.368 e. The zero-order valence-corrected chi connectivity index (χ0v) is 15.6. The number of amides is 2. The van der Waals surface area contributed by atoms with Crippen LogP contribution in [0.15, 0.2) is 11.0 Å². The summed E-state index contributed by atoms with van der Waals surface area (Å²) < 4.78 is 26.4. The summed E-state index contributed by atoms with van der Waals surface area (Å²) in [5.74, 6) is -1.21. The highest BCUT2D eigenvalue weighted by Crippen LogP contribution is 2.33. The number of carbonyl (C=O) groups is 2. The number of thiophene rings is 1. The van der Waals surface area contributed by atoms with Gasteiger partial charge in [-0.1, -0.05) is 37.0 Å². The second-order valence-electron chi connectivity index (χ2n) is 5.17. The molecular weight excluding hydrogens is 385 g/mol. The van der Waals surface area contributed by atoms with E-state index in [1.165, 1.54) is 6.07 Å². The molecule has 11 heteroatoms. The van der Waals surface area contributed by atoms with Crippen molar-refractivity contribution in [1.82, 2.24) is 10.0 Å². The molecule has 23 heavy (non-hydrogen) atoms. The first-order valence-electron chi connectivity index (χ1n) is 6.56. The summed E-state index contributed by atoms with van der Waals surface area (Å²) in [5.41, 5.74) is 5.21. The van der Waals surface area contributed by atoms with Crippen molar-refractivity contribution in [2.75, 3.05) is 6.54 Å². The molecule has 0 fully saturated rings. The van der Waals surface area contributed by atoms with Crippen LogP contribution in [0.2, 0.25) is 8.67 Å². The lowest BCUT2D eigenvalue weighted by molar-refractivity contribution is -0.127. The third-order valence-corrected chi connectivity index (χ3v) is 5.88. The molecular formula is C12H17Cl2N3O4S2. The third-order valence-electron chi connectivity index (χ3n) is 2.72. The van der Waals surface area contributed by atoms with Gasteiger partial charge in [-0.3, -0.25) is 9.59 Å². The van der Waals surface area contributed by atoms with Gasteiger partial charge in [-0.15, -0.1) is 11.3 Å². The molecule has 1 aromatic heterocycles. The van der Waals surface area contributed by atoms with E-state index in [0.29, 0.717) is 6.42 Å². The molecule has 1 heterocycles. The van der Waals surface area contributed by atoms with Crippen LogP contribution in [0.5, 0.6) is 0 Å². The molecule has 0 saturated heterocycles. The van der Waals surface area contributed by atoms with Crippen molar-refractivity contribution in [3.63, 3.8) is 0 Å². The summed E-state index contributed by atoms with van der Waals surface area (Å²) in [7, 11) is -3.98. The molecule has 0 bridgehead atoms. The second-order valence-corrected chi connectivity index (χ2v) is 9.19. The van der Waals surface area contributed by atoms with Gasteiger partial charge in [0.2, 0.25) is 21.8 Å². The first-order chi connectivity index (χ1) is 10.5. The van der Waals surface area contributed by atoms with Crippen molar-refractivity contribution < 1.29 is 18.0 Å². The van der Waals surface area contributed by atoms with Gasteiger partial charge in [0.25, 0.3) is 0 Å². The highest BCUT2D eigenvalue weighted by atomic mass is 35.5. The summed E-state index contributed by atoms with van der Waals surface area (Å²) in [6, 6.07) is 0.339. The number of nitrogens with one attached hydrogen (secondary N) is 2. The molecule has 0 aliphatic heterocycles. The average molecular weight is 402 g/mol. The average Bonchev–Trinajstić information content (AvgIpc) is 2.75. The highest BCUT2D eigenvalue weighted by Gasteiger charge is 2.23. The van der Waals surface area contributed by atoms with Crippen LogP contribution in [-0.4, -0.2) is 32.8 Å². The Morgan fingerprint density at radius 1 is 1.35 bits per heavy atom. The lowest BCUT2D eigenvalue weighted by Crippen LogP contribution is -2.48. The number of sulfonamides is 1. The van der Waals surface area contributed by atoms with Crippen LogP contribution < -0.4 is 15.8 Å². The van der Waals surface area contributed by atoms with Gasteiger partial charge in [-0.05, 0) is 18.4 Å². The molecule has 2 amide bonds. The predicted octanol–water partition coefficient (Wildman–Crippen LogP) is 1.35. The predicted molar refractivity (Wildman–Crippen MR) is 90.1 cm³/mol. The Bertz CT molecular complexity index is 688. The third kappa shape index (κ3) is 6.27. The van der Waals surface area contributed by atoms with Crippen LogP contribution in [-0.2, 0) is 19.6 Å². The Labute approximate surface area is 148 Å². The van der Waals surface area contributed by atoms with Gasteiger partial charge in [0.15, 0.2) is 0 Å². The number of carbonyl (C=O) groups excluding carboxylic acids is 2. The Morgan fingerprint density at radius 2 is 1.96 bits per heavy atom. The van der Waals surface area contributed by atoms with Gasteiger partial charge in [-0.2, -0.15) is 0 Å². The fourth-order valence-electron chi connectivity index (χ4n) is 1.71. The quantitative estimate of drug-likeness (QED) is 0.608. The zero-order chi connectivity index (χ0) is 17.8. The maximum atomic E-state index is 12.0. The zero-order valence-electron chi connectivity index (χ0n) is 12.4. The van der Waals surface area contributed by atoms with E-state index in [2.05, 4.69) is 10.0 Å². The largest absolute Gasteiger partial charge is 0.368 e. The Balaban J connectivity index is 2.68. The van der Waals surface area contributed by atoms with E-state index >= 15 is 0 Å². The topological polar surface area (TPSA) is 118 Å². The SMILES string of the molecule is CC(C)C[C@H](NC(=O)CNS(=O)(=O)c1cc(Cl)sc1Cl)C(N)=O. The molecule has 130 valence electrons. The standard InChI is InChI=1S/C12H17Cl2N3O4S2/c1-6(2)3-7(12(15)19)17-10(18)5-16-23(20,21)8-4-9(13)22-11(8)14/h4,6-7,16H,3,5H2,1-2H3,(H2,15,19)(H,17,18)/t7-/m0/s1. The van der Waals surface area contributed by atoms with E-state index in [0.717, 1.165) is 11.3 Å². The number of hydrogen-bond acceptors (Lipinski definition) is 5. The van der Waals surface area contributed by atoms with Crippen molar-refractivity contribution in [3.05, 3.63) is 14.7 Å². The smallest absolute Gasteiger partial charge is 0.243 e. The number of nitrogens with two attached hydrogens (primary N) is 1. The van der Waals surface area contributed by atoms with E-state index < -0.39 is 34.4 Å². The molecule has 1 atom stereocenters. The maximum absolute atomic E-state index is 12.0. The van der Waals surface area contributed by atoms with Crippen LogP contribution in [0.25, 0.3) is 0 Å². The number of rotatable bonds is 8. The lowest BCUT2D eigenvalue weighted by atomic mass is 10.0. The molecule has 0 saturated carbocycles. The van der Waals surface area contributed by atoms with E-state index in [1.54, 1.807) is 0 Å². The van der Waals surface area contributed by atoms with Crippen LogP contribution in [0, 0.1) is 5.92 Å². The summed E-state index contributed by atoms with van der Waals surface area (Å²) >= 11 is 12.4. The minimum atomic E-state index is -3.98. The van der Waals surface area contributed by atoms with Crippen molar-refractivity contribution >= 4 is 56.4 Å². The molecule has 0 aliphatic rings. The van der Waals surface area contributed by atoms with Crippen molar-refractivity contribution in [3.8, 4) is 0 Å². The van der Waals surface area contributed by atoms with E-state index in [1.807, 2.05) is 13.8 Å². The van der Waals surface area contributed by atoms with E-state index in [4.69, 9.17) is 28.9 Å². The monoisotopic (exact) mass is 401 g/mol. The Kier molecular flexibility index (Phi) is 7.28. The van der Waals surface area contributed by atoms with Gasteiger partial charge in [0.05, 0.1) is 10.9 Å². The van der Waals surface area contributed by atoms with Crippen LogP contribution in [0.4, 0.5) is 0 Å². The van der Waals surface area contributed by atoms with Gasteiger partial charge in [-0.25, -0.2) is 13.1 Å².